The van der Waals surface area contributed by atoms with Gasteiger partial charge in [0.25, 0.3) is 5.91 Å². The van der Waals surface area contributed by atoms with Gasteiger partial charge in [0.1, 0.15) is 5.75 Å². The lowest BCUT2D eigenvalue weighted by Crippen LogP contribution is -2.36. The van der Waals surface area contributed by atoms with Crippen LogP contribution in [0, 0.1) is 23.2 Å². The Hall–Kier alpha value is -5.01. The van der Waals surface area contributed by atoms with Crippen LogP contribution in [0.3, 0.4) is 0 Å². The van der Waals surface area contributed by atoms with Crippen molar-refractivity contribution in [1.29, 1.82) is 5.26 Å². The first-order valence-corrected chi connectivity index (χ1v) is 12.3. The SMILES string of the molecule is CC(C)Oc1ccc(C#Cc2ccc(C(N)=O)cc2)cc1C(=O)NC(CC#N)Cc1c[nH]c2ccccc12. The zero-order valence-corrected chi connectivity index (χ0v) is 21.2. The molecule has 0 bridgehead atoms. The number of rotatable bonds is 8. The molecule has 3 aromatic carbocycles. The molecule has 38 heavy (non-hydrogen) atoms. The summed E-state index contributed by atoms with van der Waals surface area (Å²) < 4.78 is 5.90. The van der Waals surface area contributed by atoms with Gasteiger partial charge in [0, 0.05) is 39.8 Å². The number of ether oxygens (including phenoxy) is 1. The predicted molar refractivity (Wildman–Crippen MR) is 147 cm³/mol. The van der Waals surface area contributed by atoms with Gasteiger partial charge in [0.05, 0.1) is 24.2 Å². The van der Waals surface area contributed by atoms with Crippen molar-refractivity contribution in [3.8, 4) is 23.7 Å². The molecule has 4 rings (SSSR count). The van der Waals surface area contributed by atoms with E-state index in [-0.39, 0.29) is 18.4 Å². The molecular weight excluding hydrogens is 476 g/mol. The smallest absolute Gasteiger partial charge is 0.255 e. The van der Waals surface area contributed by atoms with E-state index in [0.29, 0.717) is 34.4 Å². The molecule has 2 amide bonds. The summed E-state index contributed by atoms with van der Waals surface area (Å²) in [4.78, 5) is 28.0. The molecule has 0 saturated carbocycles. The molecule has 1 aromatic heterocycles. The van der Waals surface area contributed by atoms with Crippen molar-refractivity contribution < 1.29 is 14.3 Å². The maximum Gasteiger partial charge on any atom is 0.255 e. The fourth-order valence-electron chi connectivity index (χ4n) is 4.12. The summed E-state index contributed by atoms with van der Waals surface area (Å²) in [6.07, 6.45) is 2.45. The summed E-state index contributed by atoms with van der Waals surface area (Å²) in [7, 11) is 0. The highest BCUT2D eigenvalue weighted by molar-refractivity contribution is 5.97. The molecule has 1 heterocycles. The molecule has 7 nitrogen and oxygen atoms in total. The molecular formula is C31H28N4O3. The van der Waals surface area contributed by atoms with E-state index in [1.54, 1.807) is 42.5 Å². The Morgan fingerprint density at radius 3 is 2.45 bits per heavy atom. The fraction of sp³-hybridized carbons (Fsp3) is 0.194. The number of nitrogens with two attached hydrogens (primary N) is 1. The van der Waals surface area contributed by atoms with Crippen LogP contribution in [-0.2, 0) is 6.42 Å². The van der Waals surface area contributed by atoms with Crippen LogP contribution in [0.1, 0.15) is 57.7 Å². The number of nitrogens with zero attached hydrogens (tertiary/aromatic N) is 1. The van der Waals surface area contributed by atoms with Crippen molar-refractivity contribution in [2.24, 2.45) is 5.73 Å². The highest BCUT2D eigenvalue weighted by Crippen LogP contribution is 2.23. The number of aromatic nitrogens is 1. The first-order valence-electron chi connectivity index (χ1n) is 12.3. The summed E-state index contributed by atoms with van der Waals surface area (Å²) in [5.74, 6) is 5.71. The van der Waals surface area contributed by atoms with E-state index in [0.717, 1.165) is 16.5 Å². The van der Waals surface area contributed by atoms with Gasteiger partial charge in [-0.15, -0.1) is 0 Å². The van der Waals surface area contributed by atoms with Gasteiger partial charge in [0.2, 0.25) is 5.91 Å². The Bertz CT molecular complexity index is 1570. The van der Waals surface area contributed by atoms with Gasteiger partial charge < -0.3 is 20.8 Å². The molecule has 0 saturated heterocycles. The second kappa shape index (κ2) is 11.8. The minimum Gasteiger partial charge on any atom is -0.490 e. The summed E-state index contributed by atoms with van der Waals surface area (Å²) >= 11 is 0. The van der Waals surface area contributed by atoms with Crippen LogP contribution in [0.2, 0.25) is 0 Å². The van der Waals surface area contributed by atoms with Gasteiger partial charge in [-0.05, 0) is 74.4 Å². The van der Waals surface area contributed by atoms with E-state index >= 15 is 0 Å². The number of carbonyl (C=O) groups is 2. The van der Waals surface area contributed by atoms with Crippen molar-refractivity contribution in [3.05, 3.63) is 101 Å². The standard InChI is InChI=1S/C31H28N4O3/c1-20(2)38-29-14-11-22(8-7-21-9-12-23(13-10-21)30(33)36)17-27(29)31(37)35-25(15-16-32)18-24-19-34-28-6-4-3-5-26(24)28/h3-6,9-14,17,19-20,25,34H,15,18H2,1-2H3,(H2,33,36)(H,35,37). The third kappa shape index (κ3) is 6.40. The average molecular weight is 505 g/mol. The topological polar surface area (TPSA) is 121 Å². The highest BCUT2D eigenvalue weighted by Gasteiger charge is 2.20. The van der Waals surface area contributed by atoms with Gasteiger partial charge in [-0.2, -0.15) is 5.26 Å². The van der Waals surface area contributed by atoms with E-state index in [4.69, 9.17) is 10.5 Å². The number of carbonyl (C=O) groups excluding carboxylic acids is 2. The van der Waals surface area contributed by atoms with Crippen molar-refractivity contribution in [2.45, 2.75) is 38.8 Å². The number of hydrogen-bond acceptors (Lipinski definition) is 4. The van der Waals surface area contributed by atoms with Gasteiger partial charge >= 0.3 is 0 Å². The van der Waals surface area contributed by atoms with Crippen LogP contribution in [0.25, 0.3) is 10.9 Å². The van der Waals surface area contributed by atoms with Crippen molar-refractivity contribution in [1.82, 2.24) is 10.3 Å². The van der Waals surface area contributed by atoms with Gasteiger partial charge in [-0.1, -0.05) is 30.0 Å². The second-order valence-corrected chi connectivity index (χ2v) is 9.17. The fourth-order valence-corrected chi connectivity index (χ4v) is 4.12. The Morgan fingerprint density at radius 1 is 1.03 bits per heavy atom. The summed E-state index contributed by atoms with van der Waals surface area (Å²) in [6.45, 7) is 3.78. The molecule has 0 aliphatic rings. The van der Waals surface area contributed by atoms with E-state index in [1.807, 2.05) is 44.3 Å². The molecule has 4 aromatic rings. The lowest BCUT2D eigenvalue weighted by molar-refractivity contribution is 0.0930. The highest BCUT2D eigenvalue weighted by atomic mass is 16.5. The van der Waals surface area contributed by atoms with Crippen molar-refractivity contribution >= 4 is 22.7 Å². The Morgan fingerprint density at radius 2 is 1.74 bits per heavy atom. The monoisotopic (exact) mass is 504 g/mol. The number of fused-ring (bicyclic) bond motifs is 1. The summed E-state index contributed by atoms with van der Waals surface area (Å²) in [6, 6.07) is 21.6. The molecule has 1 atom stereocenters. The molecule has 4 N–H and O–H groups in total. The van der Waals surface area contributed by atoms with Gasteiger partial charge in [-0.25, -0.2) is 0 Å². The van der Waals surface area contributed by atoms with E-state index in [9.17, 15) is 14.9 Å². The van der Waals surface area contributed by atoms with Gasteiger partial charge in [0.15, 0.2) is 0 Å². The molecule has 0 radical (unpaired) electrons. The van der Waals surface area contributed by atoms with E-state index in [2.05, 4.69) is 28.2 Å². The largest absolute Gasteiger partial charge is 0.490 e. The third-order valence-corrected chi connectivity index (χ3v) is 5.92. The van der Waals surface area contributed by atoms with Crippen LogP contribution in [0.15, 0.2) is 72.9 Å². The third-order valence-electron chi connectivity index (χ3n) is 5.92. The molecule has 190 valence electrons. The second-order valence-electron chi connectivity index (χ2n) is 9.17. The van der Waals surface area contributed by atoms with Crippen LogP contribution in [0.5, 0.6) is 5.75 Å². The Kier molecular flexibility index (Phi) is 8.10. The zero-order valence-electron chi connectivity index (χ0n) is 21.2. The number of amides is 2. The van der Waals surface area contributed by atoms with Gasteiger partial charge in [-0.3, -0.25) is 9.59 Å². The van der Waals surface area contributed by atoms with Crippen molar-refractivity contribution in [2.75, 3.05) is 0 Å². The molecule has 1 unspecified atom stereocenters. The number of para-hydroxylation sites is 1. The van der Waals surface area contributed by atoms with Crippen LogP contribution < -0.4 is 15.8 Å². The van der Waals surface area contributed by atoms with Crippen molar-refractivity contribution in [3.63, 3.8) is 0 Å². The normalized spacial score (nSPS) is 11.3. The summed E-state index contributed by atoms with van der Waals surface area (Å²) in [5.41, 5.74) is 9.41. The number of nitriles is 1. The average Bonchev–Trinajstić information content (AvgIpc) is 3.30. The summed E-state index contributed by atoms with van der Waals surface area (Å²) in [5, 5.41) is 13.5. The molecule has 0 aliphatic carbocycles. The molecule has 0 aliphatic heterocycles. The number of primary amides is 1. The van der Waals surface area contributed by atoms with Crippen LogP contribution in [-0.4, -0.2) is 28.9 Å². The number of benzene rings is 3. The van der Waals surface area contributed by atoms with Crippen LogP contribution >= 0.6 is 0 Å². The zero-order chi connectivity index (χ0) is 27.1. The lowest BCUT2D eigenvalue weighted by Gasteiger charge is -2.18. The van der Waals surface area contributed by atoms with E-state index in [1.165, 1.54) is 0 Å². The maximum absolute atomic E-state index is 13.5. The quantitative estimate of drug-likeness (QED) is 0.301. The minimum absolute atomic E-state index is 0.136. The predicted octanol–water partition coefficient (Wildman–Crippen LogP) is 4.71. The number of nitrogens with one attached hydrogen (secondary N) is 2. The first kappa shape index (κ1) is 26.1. The minimum atomic E-state index is -0.500. The Labute approximate surface area is 221 Å². The lowest BCUT2D eigenvalue weighted by atomic mass is 10.0. The first-order chi connectivity index (χ1) is 18.3. The van der Waals surface area contributed by atoms with E-state index < -0.39 is 11.9 Å². The molecule has 7 heteroatoms. The number of hydrogen-bond donors (Lipinski definition) is 3. The molecule has 0 fully saturated rings. The number of H-pyrrole nitrogens is 1. The maximum atomic E-state index is 13.5. The number of aromatic amines is 1. The molecule has 0 spiro atoms. The Balaban J connectivity index is 1.58. The van der Waals surface area contributed by atoms with Crippen LogP contribution in [0.4, 0.5) is 0 Å².